The molecule has 3 aromatic rings. The van der Waals surface area contributed by atoms with Crippen LogP contribution in [-0.4, -0.2) is 39.8 Å². The highest BCUT2D eigenvalue weighted by Gasteiger charge is 2.39. The number of hydrogen-bond donors (Lipinski definition) is 3. The van der Waals surface area contributed by atoms with Crippen LogP contribution in [0.5, 0.6) is 0 Å². The first-order valence-electron chi connectivity index (χ1n) is 8.40. The number of alkyl halides is 1. The van der Waals surface area contributed by atoms with Crippen LogP contribution in [0, 0.1) is 6.92 Å². The van der Waals surface area contributed by atoms with Crippen LogP contribution in [0.1, 0.15) is 22.5 Å². The SMILES string of the molecule is CNc1cc(Nc2cccc(C)c2)nn2c(C(=O)N[C@@H]3C[C@@H]3F)cnc12. The van der Waals surface area contributed by atoms with Crippen molar-refractivity contribution in [2.75, 3.05) is 17.7 Å². The van der Waals surface area contributed by atoms with Crippen LogP contribution < -0.4 is 16.0 Å². The van der Waals surface area contributed by atoms with E-state index in [0.717, 1.165) is 16.9 Å². The van der Waals surface area contributed by atoms with E-state index in [1.165, 1.54) is 10.7 Å². The summed E-state index contributed by atoms with van der Waals surface area (Å²) >= 11 is 0. The third-order valence-electron chi connectivity index (χ3n) is 4.29. The van der Waals surface area contributed by atoms with Crippen molar-refractivity contribution in [1.29, 1.82) is 0 Å². The predicted molar refractivity (Wildman–Crippen MR) is 97.8 cm³/mol. The van der Waals surface area contributed by atoms with E-state index in [4.69, 9.17) is 0 Å². The van der Waals surface area contributed by atoms with Gasteiger partial charge in [0.15, 0.2) is 17.2 Å². The number of carbonyl (C=O) groups excluding carboxylic acids is 1. The van der Waals surface area contributed by atoms with Gasteiger partial charge in [-0.25, -0.2) is 13.9 Å². The highest BCUT2D eigenvalue weighted by molar-refractivity contribution is 5.94. The van der Waals surface area contributed by atoms with Crippen LogP contribution in [0.3, 0.4) is 0 Å². The molecule has 0 spiro atoms. The van der Waals surface area contributed by atoms with Crippen LogP contribution in [0.4, 0.5) is 21.6 Å². The summed E-state index contributed by atoms with van der Waals surface area (Å²) in [7, 11) is 1.78. The molecule has 4 rings (SSSR count). The molecule has 134 valence electrons. The predicted octanol–water partition coefficient (Wildman–Crippen LogP) is 2.66. The van der Waals surface area contributed by atoms with Crippen LogP contribution >= 0.6 is 0 Å². The van der Waals surface area contributed by atoms with E-state index in [1.54, 1.807) is 7.05 Å². The number of aromatic nitrogens is 3. The quantitative estimate of drug-likeness (QED) is 0.656. The van der Waals surface area contributed by atoms with Gasteiger partial charge in [-0.1, -0.05) is 12.1 Å². The molecule has 1 aliphatic carbocycles. The average Bonchev–Trinajstić information content (AvgIpc) is 3.13. The first kappa shape index (κ1) is 16.3. The number of hydrogen-bond acceptors (Lipinski definition) is 5. The van der Waals surface area contributed by atoms with Gasteiger partial charge in [-0.05, 0) is 24.6 Å². The zero-order valence-corrected chi connectivity index (χ0v) is 14.5. The van der Waals surface area contributed by atoms with Crippen molar-refractivity contribution in [3.8, 4) is 0 Å². The van der Waals surface area contributed by atoms with Gasteiger partial charge in [-0.2, -0.15) is 0 Å². The number of nitrogens with one attached hydrogen (secondary N) is 3. The van der Waals surface area contributed by atoms with Crippen LogP contribution in [0.15, 0.2) is 36.5 Å². The van der Waals surface area contributed by atoms with Crippen molar-refractivity contribution in [3.63, 3.8) is 0 Å². The molecule has 8 heteroatoms. The summed E-state index contributed by atoms with van der Waals surface area (Å²) in [5.41, 5.74) is 3.54. The van der Waals surface area contributed by atoms with Crippen molar-refractivity contribution in [3.05, 3.63) is 47.8 Å². The Morgan fingerprint density at radius 3 is 2.85 bits per heavy atom. The Morgan fingerprint density at radius 1 is 1.35 bits per heavy atom. The lowest BCUT2D eigenvalue weighted by Crippen LogP contribution is -2.28. The van der Waals surface area contributed by atoms with E-state index in [-0.39, 0.29) is 11.6 Å². The number of nitrogens with zero attached hydrogens (tertiary/aromatic N) is 3. The molecule has 3 N–H and O–H groups in total. The van der Waals surface area contributed by atoms with Gasteiger partial charge in [0.1, 0.15) is 6.17 Å². The zero-order chi connectivity index (χ0) is 18.3. The third kappa shape index (κ3) is 3.05. The third-order valence-corrected chi connectivity index (χ3v) is 4.29. The minimum atomic E-state index is -0.961. The molecule has 7 nitrogen and oxygen atoms in total. The van der Waals surface area contributed by atoms with E-state index in [9.17, 15) is 9.18 Å². The van der Waals surface area contributed by atoms with Crippen LogP contribution in [0.25, 0.3) is 5.65 Å². The molecule has 1 fully saturated rings. The topological polar surface area (TPSA) is 83.3 Å². The van der Waals surface area contributed by atoms with Gasteiger partial charge in [-0.3, -0.25) is 4.79 Å². The normalized spacial score (nSPS) is 18.6. The molecule has 0 aliphatic heterocycles. The Morgan fingerprint density at radius 2 is 2.15 bits per heavy atom. The van der Waals surface area contributed by atoms with E-state index >= 15 is 0 Å². The lowest BCUT2D eigenvalue weighted by atomic mass is 10.2. The van der Waals surface area contributed by atoms with Crippen molar-refractivity contribution in [1.82, 2.24) is 19.9 Å². The minimum Gasteiger partial charge on any atom is -0.385 e. The number of carbonyl (C=O) groups is 1. The molecule has 0 bridgehead atoms. The monoisotopic (exact) mass is 354 g/mol. The smallest absolute Gasteiger partial charge is 0.271 e. The Bertz CT molecular complexity index is 985. The number of halogens is 1. The summed E-state index contributed by atoms with van der Waals surface area (Å²) < 4.78 is 14.5. The highest BCUT2D eigenvalue weighted by Crippen LogP contribution is 2.26. The van der Waals surface area contributed by atoms with E-state index < -0.39 is 12.2 Å². The lowest BCUT2D eigenvalue weighted by Gasteiger charge is -2.11. The number of rotatable bonds is 5. The first-order chi connectivity index (χ1) is 12.5. The Hall–Kier alpha value is -3.16. The van der Waals surface area contributed by atoms with E-state index in [1.807, 2.05) is 37.3 Å². The first-order valence-corrected chi connectivity index (χ1v) is 8.40. The number of amides is 1. The maximum Gasteiger partial charge on any atom is 0.271 e. The van der Waals surface area contributed by atoms with Gasteiger partial charge in [0.25, 0.3) is 5.91 Å². The van der Waals surface area contributed by atoms with Gasteiger partial charge >= 0.3 is 0 Å². The Labute approximate surface area is 149 Å². The van der Waals surface area contributed by atoms with Crippen molar-refractivity contribution >= 4 is 28.7 Å². The molecule has 1 aromatic carbocycles. The fraction of sp³-hybridized carbons (Fsp3) is 0.278. The fourth-order valence-electron chi connectivity index (χ4n) is 2.79. The lowest BCUT2D eigenvalue weighted by molar-refractivity contribution is 0.0940. The molecule has 2 aromatic heterocycles. The Kier molecular flexibility index (Phi) is 3.95. The molecule has 0 unspecified atom stereocenters. The van der Waals surface area contributed by atoms with E-state index in [0.29, 0.717) is 17.9 Å². The molecule has 2 heterocycles. The van der Waals surface area contributed by atoms with Crippen LogP contribution in [0.2, 0.25) is 0 Å². The van der Waals surface area contributed by atoms with Gasteiger partial charge < -0.3 is 16.0 Å². The summed E-state index contributed by atoms with van der Waals surface area (Å²) in [4.78, 5) is 16.7. The van der Waals surface area contributed by atoms with Crippen LogP contribution in [-0.2, 0) is 0 Å². The average molecular weight is 354 g/mol. The summed E-state index contributed by atoms with van der Waals surface area (Å²) in [5.74, 6) is 0.180. The molecular weight excluding hydrogens is 335 g/mol. The molecule has 0 saturated heterocycles. The molecule has 1 aliphatic rings. The second-order valence-corrected chi connectivity index (χ2v) is 6.40. The second-order valence-electron chi connectivity index (χ2n) is 6.40. The van der Waals surface area contributed by atoms with Gasteiger partial charge in [-0.15, -0.1) is 5.10 Å². The molecule has 2 atom stereocenters. The number of anilines is 3. The number of aryl methyl sites for hydroxylation is 1. The summed E-state index contributed by atoms with van der Waals surface area (Å²) in [6.45, 7) is 2.01. The molecule has 1 amide bonds. The van der Waals surface area contributed by atoms with Gasteiger partial charge in [0.2, 0.25) is 0 Å². The molecule has 26 heavy (non-hydrogen) atoms. The van der Waals surface area contributed by atoms with E-state index in [2.05, 4.69) is 26.0 Å². The standard InChI is InChI=1S/C18H19FN6O/c1-10-4-3-5-11(6-10)22-16-8-14(20-2)17-21-9-15(25(17)24-16)18(26)23-13-7-12(13)19/h3-6,8-9,12-13,20H,7H2,1-2H3,(H,22,24)(H,23,26)/t12-,13+/m0/s1. The second kappa shape index (κ2) is 6.29. The summed E-state index contributed by atoms with van der Waals surface area (Å²) in [5, 5.41) is 13.4. The molecule has 0 radical (unpaired) electrons. The van der Waals surface area contributed by atoms with Crippen molar-refractivity contribution < 1.29 is 9.18 Å². The van der Waals surface area contributed by atoms with Gasteiger partial charge in [0, 0.05) is 25.2 Å². The number of benzene rings is 1. The van der Waals surface area contributed by atoms with Crippen molar-refractivity contribution in [2.24, 2.45) is 0 Å². The number of imidazole rings is 1. The minimum absolute atomic E-state index is 0.267. The maximum atomic E-state index is 13.1. The molecular formula is C18H19FN6O. The summed E-state index contributed by atoms with van der Waals surface area (Å²) in [6, 6.07) is 9.31. The van der Waals surface area contributed by atoms with Crippen molar-refractivity contribution in [2.45, 2.75) is 25.6 Å². The maximum absolute atomic E-state index is 13.1. The fourth-order valence-corrected chi connectivity index (χ4v) is 2.79. The molecule has 1 saturated carbocycles. The Balaban J connectivity index is 1.70. The van der Waals surface area contributed by atoms with Gasteiger partial charge in [0.05, 0.1) is 17.9 Å². The number of fused-ring (bicyclic) bond motifs is 1. The largest absolute Gasteiger partial charge is 0.385 e. The highest BCUT2D eigenvalue weighted by atomic mass is 19.1. The summed E-state index contributed by atoms with van der Waals surface area (Å²) in [6.07, 6.45) is 0.847. The zero-order valence-electron chi connectivity index (χ0n) is 14.5.